The molecular weight excluding hydrogens is 358 g/mol. The van der Waals surface area contributed by atoms with Crippen molar-refractivity contribution >= 4 is 27.5 Å². The minimum atomic E-state index is -0.254. The topological polar surface area (TPSA) is 67.0 Å². The van der Waals surface area contributed by atoms with Crippen molar-refractivity contribution < 1.29 is 9.53 Å². The van der Waals surface area contributed by atoms with Gasteiger partial charge in [0.25, 0.3) is 5.91 Å². The van der Waals surface area contributed by atoms with Gasteiger partial charge >= 0.3 is 0 Å². The number of hydrogen-bond acceptors (Lipinski definition) is 3. The maximum Gasteiger partial charge on any atom is 0.259 e. The number of nitrogens with zero attached hydrogens (tertiary/aromatic N) is 1. The number of anilines is 1. The molecule has 0 bridgehead atoms. The van der Waals surface area contributed by atoms with E-state index >= 15 is 0 Å². The Morgan fingerprint density at radius 2 is 2.04 bits per heavy atom. The second-order valence-corrected chi connectivity index (χ2v) is 5.77. The Morgan fingerprint density at radius 1 is 1.22 bits per heavy atom. The maximum atomic E-state index is 12.4. The molecule has 2 N–H and O–H groups in total. The minimum Gasteiger partial charge on any atom is -0.488 e. The van der Waals surface area contributed by atoms with Crippen LogP contribution in [0, 0.1) is 0 Å². The highest BCUT2D eigenvalue weighted by Gasteiger charge is 2.14. The Kier molecular flexibility index (Phi) is 4.73. The molecule has 1 heterocycles. The van der Waals surface area contributed by atoms with Crippen LogP contribution in [0.1, 0.15) is 15.9 Å². The van der Waals surface area contributed by atoms with E-state index in [2.05, 4.69) is 31.4 Å². The molecule has 0 saturated carbocycles. The summed E-state index contributed by atoms with van der Waals surface area (Å²) in [6.07, 6.45) is 3.15. The molecule has 1 aromatic heterocycles. The molecule has 0 unspecified atom stereocenters. The molecule has 0 fully saturated rings. The summed E-state index contributed by atoms with van der Waals surface area (Å²) in [6, 6.07) is 15.2. The van der Waals surface area contributed by atoms with E-state index < -0.39 is 0 Å². The van der Waals surface area contributed by atoms with Crippen LogP contribution < -0.4 is 10.1 Å². The Morgan fingerprint density at radius 3 is 2.78 bits per heavy atom. The van der Waals surface area contributed by atoms with E-state index in [0.717, 1.165) is 10.0 Å². The molecule has 6 heteroatoms. The molecule has 0 spiro atoms. The number of nitrogens with one attached hydrogen (secondary N) is 2. The largest absolute Gasteiger partial charge is 0.488 e. The summed E-state index contributed by atoms with van der Waals surface area (Å²) in [5.41, 5.74) is 2.09. The first-order valence-corrected chi connectivity index (χ1v) is 7.78. The molecule has 0 aliphatic heterocycles. The van der Waals surface area contributed by atoms with Crippen molar-refractivity contribution in [2.45, 2.75) is 6.61 Å². The number of benzene rings is 2. The Labute approximate surface area is 141 Å². The molecule has 1 amide bonds. The van der Waals surface area contributed by atoms with Crippen LogP contribution in [-0.2, 0) is 6.61 Å². The first kappa shape index (κ1) is 15.3. The van der Waals surface area contributed by atoms with Crippen LogP contribution in [-0.4, -0.2) is 16.1 Å². The number of aromatic nitrogens is 2. The minimum absolute atomic E-state index is 0.254. The first-order valence-electron chi connectivity index (χ1n) is 6.99. The van der Waals surface area contributed by atoms with E-state index in [4.69, 9.17) is 4.74 Å². The van der Waals surface area contributed by atoms with Crippen LogP contribution in [0.3, 0.4) is 0 Å². The highest BCUT2D eigenvalue weighted by Crippen LogP contribution is 2.25. The number of halogens is 1. The quantitative estimate of drug-likeness (QED) is 0.711. The summed E-state index contributed by atoms with van der Waals surface area (Å²) in [5, 5.41) is 9.23. The van der Waals surface area contributed by atoms with Crippen LogP contribution in [0.5, 0.6) is 5.75 Å². The monoisotopic (exact) mass is 371 g/mol. The van der Waals surface area contributed by atoms with E-state index in [9.17, 15) is 4.79 Å². The molecule has 0 aliphatic carbocycles. The summed E-state index contributed by atoms with van der Waals surface area (Å²) in [4.78, 5) is 12.4. The third-order valence-electron chi connectivity index (χ3n) is 3.18. The molecule has 23 heavy (non-hydrogen) atoms. The number of aromatic amines is 1. The van der Waals surface area contributed by atoms with Crippen molar-refractivity contribution in [3.05, 3.63) is 76.5 Å². The van der Waals surface area contributed by atoms with Crippen molar-refractivity contribution in [2.75, 3.05) is 5.32 Å². The van der Waals surface area contributed by atoms with Gasteiger partial charge in [-0.15, -0.1) is 0 Å². The molecule has 0 saturated heterocycles. The van der Waals surface area contributed by atoms with Crippen molar-refractivity contribution in [1.82, 2.24) is 10.2 Å². The zero-order valence-corrected chi connectivity index (χ0v) is 13.7. The SMILES string of the molecule is O=C(Nc1cn[nH]c1)c1cc(Br)ccc1OCc1ccccc1. The van der Waals surface area contributed by atoms with Gasteiger partial charge in [-0.3, -0.25) is 9.89 Å². The molecule has 116 valence electrons. The molecule has 0 atom stereocenters. The van der Waals surface area contributed by atoms with E-state index in [-0.39, 0.29) is 5.91 Å². The highest BCUT2D eigenvalue weighted by atomic mass is 79.9. The van der Waals surface area contributed by atoms with Gasteiger partial charge in [0.05, 0.1) is 17.4 Å². The first-order chi connectivity index (χ1) is 11.2. The lowest BCUT2D eigenvalue weighted by Crippen LogP contribution is -2.13. The standard InChI is InChI=1S/C17H14BrN3O2/c18-13-6-7-16(23-11-12-4-2-1-3-5-12)15(8-13)17(22)21-14-9-19-20-10-14/h1-10H,11H2,(H,19,20)(H,21,22). The Hall–Kier alpha value is -2.60. The molecule has 2 aromatic carbocycles. The summed E-state index contributed by atoms with van der Waals surface area (Å²) in [6.45, 7) is 0.397. The Balaban J connectivity index is 1.78. The summed E-state index contributed by atoms with van der Waals surface area (Å²) >= 11 is 3.38. The van der Waals surface area contributed by atoms with Crippen LogP contribution in [0.15, 0.2) is 65.4 Å². The van der Waals surface area contributed by atoms with Crippen LogP contribution >= 0.6 is 15.9 Å². The third-order valence-corrected chi connectivity index (χ3v) is 3.67. The van der Waals surface area contributed by atoms with Gasteiger partial charge in [-0.2, -0.15) is 5.10 Å². The van der Waals surface area contributed by atoms with Gasteiger partial charge in [-0.25, -0.2) is 0 Å². The lowest BCUT2D eigenvalue weighted by Gasteiger charge is -2.12. The number of ether oxygens (including phenoxy) is 1. The van der Waals surface area contributed by atoms with Gasteiger partial charge in [0, 0.05) is 10.7 Å². The molecule has 3 aromatic rings. The van der Waals surface area contributed by atoms with Crippen molar-refractivity contribution in [1.29, 1.82) is 0 Å². The predicted octanol–water partition coefficient (Wildman–Crippen LogP) is 4.00. The van der Waals surface area contributed by atoms with Gasteiger partial charge in [-0.1, -0.05) is 46.3 Å². The second kappa shape index (κ2) is 7.11. The van der Waals surface area contributed by atoms with E-state index in [1.54, 1.807) is 24.5 Å². The number of hydrogen-bond donors (Lipinski definition) is 2. The van der Waals surface area contributed by atoms with Gasteiger partial charge in [0.1, 0.15) is 12.4 Å². The van der Waals surface area contributed by atoms with E-state index in [1.165, 1.54) is 0 Å². The summed E-state index contributed by atoms with van der Waals surface area (Å²) in [5.74, 6) is 0.272. The fourth-order valence-electron chi connectivity index (χ4n) is 2.06. The molecule has 0 aliphatic rings. The number of amides is 1. The van der Waals surface area contributed by atoms with Crippen LogP contribution in [0.4, 0.5) is 5.69 Å². The molecule has 5 nitrogen and oxygen atoms in total. The number of H-pyrrole nitrogens is 1. The van der Waals surface area contributed by atoms with E-state index in [1.807, 2.05) is 36.4 Å². The van der Waals surface area contributed by atoms with Gasteiger partial charge in [0.15, 0.2) is 0 Å². The number of rotatable bonds is 5. The average Bonchev–Trinajstić information content (AvgIpc) is 3.07. The second-order valence-electron chi connectivity index (χ2n) is 4.86. The number of carbonyl (C=O) groups excluding carboxylic acids is 1. The lowest BCUT2D eigenvalue weighted by molar-refractivity contribution is 0.102. The van der Waals surface area contributed by atoms with Crippen molar-refractivity contribution in [2.24, 2.45) is 0 Å². The zero-order chi connectivity index (χ0) is 16.1. The summed E-state index contributed by atoms with van der Waals surface area (Å²) < 4.78 is 6.62. The van der Waals surface area contributed by atoms with E-state index in [0.29, 0.717) is 23.6 Å². The normalized spacial score (nSPS) is 10.3. The molecule has 3 rings (SSSR count). The Bertz CT molecular complexity index is 789. The smallest absolute Gasteiger partial charge is 0.259 e. The van der Waals surface area contributed by atoms with Gasteiger partial charge in [-0.05, 0) is 23.8 Å². The lowest BCUT2D eigenvalue weighted by atomic mass is 10.2. The van der Waals surface area contributed by atoms with Gasteiger partial charge in [0.2, 0.25) is 0 Å². The fourth-order valence-corrected chi connectivity index (χ4v) is 2.42. The average molecular weight is 372 g/mol. The predicted molar refractivity (Wildman–Crippen MR) is 91.5 cm³/mol. The summed E-state index contributed by atoms with van der Waals surface area (Å²) in [7, 11) is 0. The van der Waals surface area contributed by atoms with Crippen LogP contribution in [0.25, 0.3) is 0 Å². The number of carbonyl (C=O) groups is 1. The molecule has 0 radical (unpaired) electrons. The van der Waals surface area contributed by atoms with Crippen molar-refractivity contribution in [3.8, 4) is 5.75 Å². The fraction of sp³-hybridized carbons (Fsp3) is 0.0588. The highest BCUT2D eigenvalue weighted by molar-refractivity contribution is 9.10. The van der Waals surface area contributed by atoms with Gasteiger partial charge < -0.3 is 10.1 Å². The maximum absolute atomic E-state index is 12.4. The molecular formula is C17H14BrN3O2. The zero-order valence-electron chi connectivity index (χ0n) is 12.1. The third kappa shape index (κ3) is 3.98. The van der Waals surface area contributed by atoms with Crippen molar-refractivity contribution in [3.63, 3.8) is 0 Å². The van der Waals surface area contributed by atoms with Crippen LogP contribution in [0.2, 0.25) is 0 Å².